The van der Waals surface area contributed by atoms with Crippen LogP contribution < -0.4 is 10.5 Å². The highest BCUT2D eigenvalue weighted by atomic mass is 16.5. The van der Waals surface area contributed by atoms with Gasteiger partial charge in [-0.05, 0) is 69.8 Å². The fourth-order valence-corrected chi connectivity index (χ4v) is 4.56. The van der Waals surface area contributed by atoms with Crippen molar-refractivity contribution in [3.8, 4) is 5.75 Å². The lowest BCUT2D eigenvalue weighted by Gasteiger charge is -2.41. The molecule has 3 rings (SSSR count). The van der Waals surface area contributed by atoms with Gasteiger partial charge < -0.3 is 15.4 Å². The SMILES string of the molecule is CC(N)C1(c2ccc(OCCCN3CCCC3)cc2)CCCCC1. The van der Waals surface area contributed by atoms with E-state index in [1.54, 1.807) is 0 Å². The summed E-state index contributed by atoms with van der Waals surface area (Å²) in [7, 11) is 0. The molecular formula is C21H34N2O. The summed E-state index contributed by atoms with van der Waals surface area (Å²) < 4.78 is 5.94. The third kappa shape index (κ3) is 4.12. The summed E-state index contributed by atoms with van der Waals surface area (Å²) >= 11 is 0. The Bertz CT molecular complexity index is 485. The standard InChI is InChI=1S/C21H34N2O/c1-18(22)21(12-3-2-4-13-21)19-8-10-20(11-9-19)24-17-7-16-23-14-5-6-15-23/h8-11,18H,2-7,12-17,22H2,1H3. The van der Waals surface area contributed by atoms with Crippen LogP contribution in [0.1, 0.15) is 63.9 Å². The van der Waals surface area contributed by atoms with Crippen molar-refractivity contribution in [2.24, 2.45) is 5.73 Å². The zero-order valence-corrected chi connectivity index (χ0v) is 15.3. The van der Waals surface area contributed by atoms with Gasteiger partial charge in [0.1, 0.15) is 5.75 Å². The maximum absolute atomic E-state index is 6.39. The minimum absolute atomic E-state index is 0.173. The van der Waals surface area contributed by atoms with Crippen molar-refractivity contribution in [3.05, 3.63) is 29.8 Å². The zero-order chi connectivity index (χ0) is 16.8. The van der Waals surface area contributed by atoms with E-state index in [4.69, 9.17) is 10.5 Å². The Morgan fingerprint density at radius 3 is 2.33 bits per heavy atom. The first-order valence-electron chi connectivity index (χ1n) is 9.92. The van der Waals surface area contributed by atoms with Gasteiger partial charge in [-0.1, -0.05) is 31.4 Å². The number of benzene rings is 1. The maximum Gasteiger partial charge on any atom is 0.119 e. The molecule has 2 N–H and O–H groups in total. The maximum atomic E-state index is 6.39. The third-order valence-electron chi connectivity index (χ3n) is 6.13. The molecule has 1 aliphatic carbocycles. The highest BCUT2D eigenvalue weighted by Crippen LogP contribution is 2.41. The molecule has 24 heavy (non-hydrogen) atoms. The van der Waals surface area contributed by atoms with Crippen LogP contribution in [0.5, 0.6) is 5.75 Å². The van der Waals surface area contributed by atoms with Crippen LogP contribution >= 0.6 is 0 Å². The predicted molar refractivity (Wildman–Crippen MR) is 101 cm³/mol. The lowest BCUT2D eigenvalue weighted by Crippen LogP contribution is -2.44. The molecular weight excluding hydrogens is 296 g/mol. The number of nitrogens with zero attached hydrogens (tertiary/aromatic N) is 1. The number of rotatable bonds is 7. The van der Waals surface area contributed by atoms with Gasteiger partial charge in [0.05, 0.1) is 6.61 Å². The topological polar surface area (TPSA) is 38.5 Å². The monoisotopic (exact) mass is 330 g/mol. The van der Waals surface area contributed by atoms with Crippen LogP contribution in [0.3, 0.4) is 0 Å². The van der Waals surface area contributed by atoms with E-state index in [2.05, 4.69) is 36.1 Å². The minimum Gasteiger partial charge on any atom is -0.494 e. The molecule has 1 aliphatic heterocycles. The molecule has 0 amide bonds. The van der Waals surface area contributed by atoms with E-state index in [-0.39, 0.29) is 11.5 Å². The van der Waals surface area contributed by atoms with Gasteiger partial charge in [0.25, 0.3) is 0 Å². The Hall–Kier alpha value is -1.06. The number of hydrogen-bond acceptors (Lipinski definition) is 3. The molecule has 3 heteroatoms. The summed E-state index contributed by atoms with van der Waals surface area (Å²) in [5.41, 5.74) is 7.97. The van der Waals surface area contributed by atoms with E-state index in [1.165, 1.54) is 70.1 Å². The lowest BCUT2D eigenvalue weighted by molar-refractivity contribution is 0.251. The molecule has 1 unspecified atom stereocenters. The highest BCUT2D eigenvalue weighted by Gasteiger charge is 2.37. The van der Waals surface area contributed by atoms with E-state index >= 15 is 0 Å². The van der Waals surface area contributed by atoms with Crippen LogP contribution in [-0.4, -0.2) is 37.2 Å². The van der Waals surface area contributed by atoms with E-state index < -0.39 is 0 Å². The first-order valence-corrected chi connectivity index (χ1v) is 9.92. The van der Waals surface area contributed by atoms with Gasteiger partial charge in [0, 0.05) is 18.0 Å². The Balaban J connectivity index is 1.52. The van der Waals surface area contributed by atoms with Gasteiger partial charge in [-0.2, -0.15) is 0 Å². The number of nitrogens with two attached hydrogens (primary N) is 1. The molecule has 3 nitrogen and oxygen atoms in total. The van der Waals surface area contributed by atoms with Gasteiger partial charge in [-0.15, -0.1) is 0 Å². The lowest BCUT2D eigenvalue weighted by atomic mass is 9.65. The van der Waals surface area contributed by atoms with Crippen molar-refractivity contribution >= 4 is 0 Å². The fourth-order valence-electron chi connectivity index (χ4n) is 4.56. The number of ether oxygens (including phenoxy) is 1. The summed E-state index contributed by atoms with van der Waals surface area (Å²) in [4.78, 5) is 2.54. The second-order valence-corrected chi connectivity index (χ2v) is 7.78. The number of hydrogen-bond donors (Lipinski definition) is 1. The molecule has 0 radical (unpaired) electrons. The number of likely N-dealkylation sites (tertiary alicyclic amines) is 1. The highest BCUT2D eigenvalue weighted by molar-refractivity contribution is 5.34. The van der Waals surface area contributed by atoms with Crippen LogP contribution in [0.25, 0.3) is 0 Å². The zero-order valence-electron chi connectivity index (χ0n) is 15.3. The first kappa shape index (κ1) is 17.8. The fraction of sp³-hybridized carbons (Fsp3) is 0.714. The smallest absolute Gasteiger partial charge is 0.119 e. The Morgan fingerprint density at radius 1 is 1.04 bits per heavy atom. The third-order valence-corrected chi connectivity index (χ3v) is 6.13. The summed E-state index contributed by atoms with van der Waals surface area (Å²) in [6, 6.07) is 9.01. The van der Waals surface area contributed by atoms with Crippen LogP contribution in [0.2, 0.25) is 0 Å². The molecule has 1 saturated heterocycles. The van der Waals surface area contributed by atoms with Crippen LogP contribution in [0.15, 0.2) is 24.3 Å². The quantitative estimate of drug-likeness (QED) is 0.765. The Morgan fingerprint density at radius 2 is 1.71 bits per heavy atom. The summed E-state index contributed by atoms with van der Waals surface area (Å²) in [5, 5.41) is 0. The van der Waals surface area contributed by atoms with Crippen molar-refractivity contribution in [2.45, 2.75) is 69.7 Å². The van der Waals surface area contributed by atoms with Gasteiger partial charge in [0.2, 0.25) is 0 Å². The summed E-state index contributed by atoms with van der Waals surface area (Å²) in [6.45, 7) is 6.70. The van der Waals surface area contributed by atoms with E-state index in [0.717, 1.165) is 18.8 Å². The first-order chi connectivity index (χ1) is 11.7. The molecule has 134 valence electrons. The van der Waals surface area contributed by atoms with E-state index in [9.17, 15) is 0 Å². The average molecular weight is 331 g/mol. The van der Waals surface area contributed by atoms with Crippen LogP contribution in [0, 0.1) is 0 Å². The van der Waals surface area contributed by atoms with Crippen molar-refractivity contribution in [1.29, 1.82) is 0 Å². The molecule has 1 aromatic rings. The minimum atomic E-state index is 0.173. The second-order valence-electron chi connectivity index (χ2n) is 7.78. The molecule has 1 atom stereocenters. The molecule has 1 aromatic carbocycles. The van der Waals surface area contributed by atoms with Gasteiger partial charge >= 0.3 is 0 Å². The molecule has 0 bridgehead atoms. The van der Waals surface area contributed by atoms with Crippen molar-refractivity contribution in [3.63, 3.8) is 0 Å². The average Bonchev–Trinajstić information content (AvgIpc) is 3.13. The Kier molecular flexibility index (Phi) is 6.18. The summed E-state index contributed by atoms with van der Waals surface area (Å²) in [5.74, 6) is 0.996. The molecule has 2 fully saturated rings. The molecule has 2 aliphatic rings. The van der Waals surface area contributed by atoms with Crippen LogP contribution in [0.4, 0.5) is 0 Å². The molecule has 0 spiro atoms. The van der Waals surface area contributed by atoms with Gasteiger partial charge in [0.15, 0.2) is 0 Å². The molecule has 1 saturated carbocycles. The van der Waals surface area contributed by atoms with E-state index in [0.29, 0.717) is 0 Å². The van der Waals surface area contributed by atoms with Gasteiger partial charge in [-0.3, -0.25) is 0 Å². The summed E-state index contributed by atoms with van der Waals surface area (Å²) in [6.07, 6.45) is 10.2. The Labute approximate surface area is 147 Å². The second kappa shape index (κ2) is 8.35. The van der Waals surface area contributed by atoms with Crippen LogP contribution in [-0.2, 0) is 5.41 Å². The van der Waals surface area contributed by atoms with Crippen molar-refractivity contribution in [1.82, 2.24) is 4.90 Å². The van der Waals surface area contributed by atoms with Crippen molar-refractivity contribution in [2.75, 3.05) is 26.2 Å². The largest absolute Gasteiger partial charge is 0.494 e. The van der Waals surface area contributed by atoms with E-state index in [1.807, 2.05) is 0 Å². The van der Waals surface area contributed by atoms with Crippen molar-refractivity contribution < 1.29 is 4.74 Å². The predicted octanol–water partition coefficient (Wildman–Crippen LogP) is 4.10. The molecule has 1 heterocycles. The molecule has 0 aromatic heterocycles. The van der Waals surface area contributed by atoms with Gasteiger partial charge in [-0.25, -0.2) is 0 Å². The normalized spacial score (nSPS) is 22.4.